The minimum absolute atomic E-state index is 0.107. The first kappa shape index (κ1) is 38.5. The van der Waals surface area contributed by atoms with Crippen molar-refractivity contribution < 1.29 is 34.4 Å². The summed E-state index contributed by atoms with van der Waals surface area (Å²) in [5, 5.41) is 34.0. The van der Waals surface area contributed by atoms with Crippen LogP contribution in [0.3, 0.4) is 0 Å². The number of carbonyl (C=O) groups excluding carboxylic acids is 2. The molecule has 0 aliphatic carbocycles. The summed E-state index contributed by atoms with van der Waals surface area (Å²) in [7, 11) is 2.93. The van der Waals surface area contributed by atoms with E-state index in [0.29, 0.717) is 26.0 Å². The fourth-order valence-corrected chi connectivity index (χ4v) is 5.23. The Balaban J connectivity index is 2.42. The fraction of sp³-hybridized carbons (Fsp3) is 0.879. The number of unbranched alkanes of at least 4 members (excludes halogenated alkanes) is 11. The molecule has 0 aromatic heterocycles. The third-order valence-corrected chi connectivity index (χ3v) is 7.91. The number of rotatable bonds is 21. The molecule has 0 saturated carbocycles. The second-order valence-electron chi connectivity index (χ2n) is 13.1. The molecular formula is C33H62N2O7. The number of hydrogen-bond acceptors (Lipinski definition) is 7. The average molecular weight is 599 g/mol. The molecule has 9 heteroatoms. The largest absolute Gasteiger partial charge is 0.387 e. The zero-order valence-electron chi connectivity index (χ0n) is 27.4. The molecule has 0 unspecified atom stereocenters. The van der Waals surface area contributed by atoms with E-state index in [2.05, 4.69) is 12.2 Å². The molecule has 1 heterocycles. The molecule has 0 aromatic carbocycles. The van der Waals surface area contributed by atoms with Gasteiger partial charge in [0.2, 0.25) is 5.91 Å². The maximum atomic E-state index is 13.0. The molecule has 246 valence electrons. The van der Waals surface area contributed by atoms with E-state index < -0.39 is 36.4 Å². The number of methoxy groups -OCH3 is 1. The van der Waals surface area contributed by atoms with Gasteiger partial charge in [-0.2, -0.15) is 0 Å². The van der Waals surface area contributed by atoms with Gasteiger partial charge in [-0.25, -0.2) is 0 Å². The van der Waals surface area contributed by atoms with Gasteiger partial charge < -0.3 is 35.0 Å². The molecule has 1 fully saturated rings. The molecule has 1 rings (SSSR count). The first-order valence-electron chi connectivity index (χ1n) is 16.3. The summed E-state index contributed by atoms with van der Waals surface area (Å²) >= 11 is 0. The van der Waals surface area contributed by atoms with Crippen LogP contribution in [-0.4, -0.2) is 95.9 Å². The van der Waals surface area contributed by atoms with E-state index in [1.54, 1.807) is 18.0 Å². The second-order valence-corrected chi connectivity index (χ2v) is 13.1. The van der Waals surface area contributed by atoms with E-state index >= 15 is 0 Å². The Morgan fingerprint density at radius 1 is 0.952 bits per heavy atom. The molecule has 1 aliphatic rings. The van der Waals surface area contributed by atoms with Gasteiger partial charge in [0.1, 0.15) is 24.4 Å². The zero-order valence-corrected chi connectivity index (χ0v) is 27.4. The van der Waals surface area contributed by atoms with E-state index in [0.717, 1.165) is 12.8 Å². The molecule has 2 amide bonds. The smallest absolute Gasteiger partial charge is 0.252 e. The van der Waals surface area contributed by atoms with E-state index in [1.807, 2.05) is 20.8 Å². The zero-order chi connectivity index (χ0) is 31.5. The van der Waals surface area contributed by atoms with Gasteiger partial charge in [0, 0.05) is 27.3 Å². The summed E-state index contributed by atoms with van der Waals surface area (Å²) in [4.78, 5) is 27.5. The van der Waals surface area contributed by atoms with Crippen molar-refractivity contribution in [1.82, 2.24) is 10.2 Å². The topological polar surface area (TPSA) is 129 Å². The third-order valence-electron chi connectivity index (χ3n) is 7.91. The van der Waals surface area contributed by atoms with Crippen LogP contribution in [0.15, 0.2) is 12.2 Å². The van der Waals surface area contributed by atoms with E-state index in [4.69, 9.17) is 9.47 Å². The number of aliphatic hydroxyl groups excluding tert-OH is 3. The van der Waals surface area contributed by atoms with Crippen LogP contribution in [0.4, 0.5) is 0 Å². The molecule has 1 saturated heterocycles. The van der Waals surface area contributed by atoms with E-state index in [9.17, 15) is 24.9 Å². The predicted molar refractivity (Wildman–Crippen MR) is 167 cm³/mol. The van der Waals surface area contributed by atoms with Crippen molar-refractivity contribution in [2.75, 3.05) is 27.3 Å². The Morgan fingerprint density at radius 3 is 2.02 bits per heavy atom. The Labute approximate surface area is 255 Å². The first-order valence-corrected chi connectivity index (χ1v) is 16.3. The lowest BCUT2D eigenvalue weighted by molar-refractivity contribution is -0.151. The molecule has 4 N–H and O–H groups in total. The van der Waals surface area contributed by atoms with Crippen LogP contribution in [0.2, 0.25) is 0 Å². The predicted octanol–water partition coefficient (Wildman–Crippen LogP) is 4.51. The van der Waals surface area contributed by atoms with Crippen molar-refractivity contribution in [3.8, 4) is 0 Å². The molecule has 1 aliphatic heterocycles. The number of allylic oxidation sites excluding steroid dienone is 1. The molecule has 9 nitrogen and oxygen atoms in total. The number of ether oxygens (including phenoxy) is 2. The summed E-state index contributed by atoms with van der Waals surface area (Å²) in [5.74, 6) is -0.962. The second kappa shape index (κ2) is 21.2. The van der Waals surface area contributed by atoms with Crippen LogP contribution in [0, 0.1) is 5.41 Å². The lowest BCUT2D eigenvalue weighted by Gasteiger charge is -2.29. The van der Waals surface area contributed by atoms with Crippen molar-refractivity contribution in [1.29, 1.82) is 0 Å². The van der Waals surface area contributed by atoms with Gasteiger partial charge in [-0.15, -0.1) is 0 Å². The number of carbonyl (C=O) groups is 2. The van der Waals surface area contributed by atoms with Crippen molar-refractivity contribution in [3.63, 3.8) is 0 Å². The molecular weight excluding hydrogens is 536 g/mol. The van der Waals surface area contributed by atoms with Crippen LogP contribution in [0.25, 0.3) is 0 Å². The number of likely N-dealkylation sites (tertiary alicyclic amines) is 1. The van der Waals surface area contributed by atoms with Crippen LogP contribution in [0.1, 0.15) is 118 Å². The molecule has 42 heavy (non-hydrogen) atoms. The van der Waals surface area contributed by atoms with Gasteiger partial charge in [-0.3, -0.25) is 9.59 Å². The molecule has 0 radical (unpaired) electrons. The number of nitrogens with one attached hydrogen (secondary N) is 1. The van der Waals surface area contributed by atoms with Crippen molar-refractivity contribution >= 4 is 11.8 Å². The highest BCUT2D eigenvalue weighted by Gasteiger charge is 2.38. The van der Waals surface area contributed by atoms with Crippen LogP contribution in [0.5, 0.6) is 0 Å². The lowest BCUT2D eigenvalue weighted by Crippen LogP contribution is -2.55. The standard InChI is InChI=1S/C33H62N2O7/c1-7-8-9-10-11-12-13-14-15-16-17-18-23-42-25-19-20-26(32(40)35(5)24-25)34-31(39)30(41-6)29(38)28(37)27(36)21-22-33(2,3)4/h21-22,25-30,36-38H,7-20,23-24H2,1-6H3,(H,34,39)/t25-,26-,27+,28-,29+,30+/m0/s1. The normalized spacial score (nSPS) is 21.3. The third kappa shape index (κ3) is 15.8. The van der Waals surface area contributed by atoms with Gasteiger partial charge in [-0.1, -0.05) is 110 Å². The number of nitrogens with zero attached hydrogens (tertiary/aromatic N) is 1. The highest BCUT2D eigenvalue weighted by atomic mass is 16.5. The Kier molecular flexibility index (Phi) is 19.5. The summed E-state index contributed by atoms with van der Waals surface area (Å²) in [6.07, 6.45) is 13.2. The summed E-state index contributed by atoms with van der Waals surface area (Å²) in [6.45, 7) is 9.15. The van der Waals surface area contributed by atoms with E-state index in [-0.39, 0.29) is 17.4 Å². The Hall–Kier alpha value is -1.52. The molecule has 0 aromatic rings. The van der Waals surface area contributed by atoms with Crippen LogP contribution in [-0.2, 0) is 19.1 Å². The van der Waals surface area contributed by atoms with Crippen molar-refractivity contribution in [3.05, 3.63) is 12.2 Å². The van der Waals surface area contributed by atoms with Crippen molar-refractivity contribution in [2.45, 2.75) is 154 Å². The minimum Gasteiger partial charge on any atom is -0.387 e. The van der Waals surface area contributed by atoms with Gasteiger partial charge in [0.25, 0.3) is 5.91 Å². The van der Waals surface area contributed by atoms with E-state index in [1.165, 1.54) is 77.4 Å². The Morgan fingerprint density at radius 2 is 1.50 bits per heavy atom. The quantitative estimate of drug-likeness (QED) is 0.113. The number of aliphatic hydroxyl groups is 3. The lowest BCUT2D eigenvalue weighted by atomic mass is 9.94. The van der Waals surface area contributed by atoms with Gasteiger partial charge in [-0.05, 0) is 24.7 Å². The van der Waals surface area contributed by atoms with Gasteiger partial charge in [0.15, 0.2) is 6.10 Å². The summed E-state index contributed by atoms with van der Waals surface area (Å²) in [5.41, 5.74) is -0.232. The Bertz CT molecular complexity index is 770. The molecule has 0 spiro atoms. The SMILES string of the molecule is CCCCCCCCCCCCCCO[C@H]1CC[C@H](NC(=O)[C@H](OC)[C@H](O)[C@@H](O)[C@H](O)C=CC(C)(C)C)C(=O)N(C)C1. The fourth-order valence-electron chi connectivity index (χ4n) is 5.23. The number of likely N-dealkylation sites (N-methyl/N-ethyl adjacent to an activating group) is 1. The monoisotopic (exact) mass is 598 g/mol. The summed E-state index contributed by atoms with van der Waals surface area (Å²) < 4.78 is 11.3. The van der Waals surface area contributed by atoms with Gasteiger partial charge >= 0.3 is 0 Å². The average Bonchev–Trinajstić information content (AvgIpc) is 3.07. The first-order chi connectivity index (χ1) is 19.9. The minimum atomic E-state index is -1.69. The van der Waals surface area contributed by atoms with Crippen LogP contribution >= 0.6 is 0 Å². The number of amides is 2. The highest BCUT2D eigenvalue weighted by molar-refractivity contribution is 5.89. The number of hydrogen-bond donors (Lipinski definition) is 4. The van der Waals surface area contributed by atoms with Crippen LogP contribution < -0.4 is 5.32 Å². The molecule has 0 bridgehead atoms. The molecule has 6 atom stereocenters. The van der Waals surface area contributed by atoms with Crippen molar-refractivity contribution in [2.24, 2.45) is 5.41 Å². The highest BCUT2D eigenvalue weighted by Crippen LogP contribution is 2.19. The summed E-state index contributed by atoms with van der Waals surface area (Å²) in [6, 6.07) is -0.796. The van der Waals surface area contributed by atoms with Gasteiger partial charge in [0.05, 0.1) is 6.10 Å². The maximum absolute atomic E-state index is 13.0. The maximum Gasteiger partial charge on any atom is 0.252 e.